The van der Waals surface area contributed by atoms with Gasteiger partial charge in [-0.2, -0.15) is 0 Å². The maximum atomic E-state index is 11.9. The second-order valence-electron chi connectivity index (χ2n) is 3.22. The van der Waals surface area contributed by atoms with E-state index in [1.807, 2.05) is 0 Å². The van der Waals surface area contributed by atoms with Gasteiger partial charge in [-0.25, -0.2) is 0 Å². The van der Waals surface area contributed by atoms with Crippen LogP contribution in [0.2, 0.25) is 0 Å². The van der Waals surface area contributed by atoms with E-state index in [2.05, 4.69) is 15.9 Å². The van der Waals surface area contributed by atoms with E-state index in [-0.39, 0.29) is 18.8 Å². The molecule has 0 saturated heterocycles. The second kappa shape index (κ2) is 6.39. The highest BCUT2D eigenvalue weighted by molar-refractivity contribution is 9.10. The van der Waals surface area contributed by atoms with Crippen LogP contribution in [0.25, 0.3) is 0 Å². The summed E-state index contributed by atoms with van der Waals surface area (Å²) in [7, 11) is 1.48. The molecule has 17 heavy (non-hydrogen) atoms. The summed E-state index contributed by atoms with van der Waals surface area (Å²) >= 11 is 3.26. The lowest BCUT2D eigenvalue weighted by Crippen LogP contribution is -2.12. The highest BCUT2D eigenvalue weighted by atomic mass is 79.9. The first-order valence-corrected chi connectivity index (χ1v) is 5.90. The second-order valence-corrected chi connectivity index (χ2v) is 4.08. The number of ether oxygens (including phenoxy) is 2. The third-order valence-electron chi connectivity index (χ3n) is 2.08. The van der Waals surface area contributed by atoms with Crippen molar-refractivity contribution in [1.29, 1.82) is 0 Å². The van der Waals surface area contributed by atoms with Crippen LogP contribution < -0.4 is 4.74 Å². The number of rotatable bonds is 5. The van der Waals surface area contributed by atoms with Crippen LogP contribution in [0, 0.1) is 0 Å². The van der Waals surface area contributed by atoms with E-state index in [0.29, 0.717) is 15.8 Å². The van der Waals surface area contributed by atoms with Gasteiger partial charge in [0, 0.05) is 4.47 Å². The molecule has 0 amide bonds. The number of hydrogen-bond acceptors (Lipinski definition) is 4. The van der Waals surface area contributed by atoms with Gasteiger partial charge in [-0.3, -0.25) is 9.59 Å². The lowest BCUT2D eigenvalue weighted by atomic mass is 10.1. The third kappa shape index (κ3) is 3.56. The molecule has 1 aromatic carbocycles. The molecule has 1 rings (SSSR count). The average molecular weight is 301 g/mol. The zero-order valence-electron chi connectivity index (χ0n) is 9.66. The van der Waals surface area contributed by atoms with Gasteiger partial charge in [0.2, 0.25) is 0 Å². The van der Waals surface area contributed by atoms with Crippen LogP contribution in [0.15, 0.2) is 22.7 Å². The van der Waals surface area contributed by atoms with Crippen molar-refractivity contribution >= 4 is 27.7 Å². The molecule has 0 saturated carbocycles. The van der Waals surface area contributed by atoms with Gasteiger partial charge in [-0.1, -0.05) is 6.07 Å². The molecule has 92 valence electrons. The minimum absolute atomic E-state index is 0.263. The van der Waals surface area contributed by atoms with Gasteiger partial charge >= 0.3 is 5.97 Å². The van der Waals surface area contributed by atoms with E-state index in [0.717, 1.165) is 0 Å². The Kier molecular flexibility index (Phi) is 5.15. The van der Waals surface area contributed by atoms with Crippen molar-refractivity contribution in [2.45, 2.75) is 13.3 Å². The van der Waals surface area contributed by atoms with E-state index >= 15 is 0 Å². The first kappa shape index (κ1) is 13.7. The van der Waals surface area contributed by atoms with Crippen molar-refractivity contribution in [3.05, 3.63) is 28.2 Å². The van der Waals surface area contributed by atoms with Crippen LogP contribution in [-0.4, -0.2) is 25.5 Å². The van der Waals surface area contributed by atoms with Crippen LogP contribution >= 0.6 is 15.9 Å². The lowest BCUT2D eigenvalue weighted by molar-refractivity contribution is -0.141. The fourth-order valence-corrected chi connectivity index (χ4v) is 1.95. The molecule has 5 heteroatoms. The van der Waals surface area contributed by atoms with E-state index < -0.39 is 5.97 Å². The van der Waals surface area contributed by atoms with Gasteiger partial charge in [-0.15, -0.1) is 0 Å². The molecule has 0 radical (unpaired) electrons. The number of benzene rings is 1. The van der Waals surface area contributed by atoms with Crippen LogP contribution in [0.1, 0.15) is 23.7 Å². The molecule has 1 aromatic rings. The van der Waals surface area contributed by atoms with E-state index in [1.165, 1.54) is 7.11 Å². The standard InChI is InChI=1S/C12H13BrO4/c1-3-17-11(15)7-9(14)12-8(13)5-4-6-10(12)16-2/h4-6H,3,7H2,1-2H3. The summed E-state index contributed by atoms with van der Waals surface area (Å²) in [5.41, 5.74) is 0.364. The Bertz CT molecular complexity index is 429. The highest BCUT2D eigenvalue weighted by Crippen LogP contribution is 2.27. The number of halogens is 1. The summed E-state index contributed by atoms with van der Waals surface area (Å²) < 4.78 is 10.4. The summed E-state index contributed by atoms with van der Waals surface area (Å²) in [4.78, 5) is 23.2. The molecule has 0 atom stereocenters. The Hall–Kier alpha value is -1.36. The van der Waals surface area contributed by atoms with Crippen molar-refractivity contribution < 1.29 is 19.1 Å². The zero-order chi connectivity index (χ0) is 12.8. The topological polar surface area (TPSA) is 52.6 Å². The quantitative estimate of drug-likeness (QED) is 0.476. The number of methoxy groups -OCH3 is 1. The summed E-state index contributed by atoms with van der Waals surface area (Å²) in [6.07, 6.45) is -0.285. The minimum Gasteiger partial charge on any atom is -0.496 e. The smallest absolute Gasteiger partial charge is 0.313 e. The van der Waals surface area contributed by atoms with Gasteiger partial charge in [0.15, 0.2) is 5.78 Å². The fraction of sp³-hybridized carbons (Fsp3) is 0.333. The number of carbonyl (C=O) groups is 2. The summed E-state index contributed by atoms with van der Waals surface area (Å²) in [6.45, 7) is 1.96. The number of hydrogen-bond donors (Lipinski definition) is 0. The first-order valence-electron chi connectivity index (χ1n) is 5.11. The van der Waals surface area contributed by atoms with E-state index in [9.17, 15) is 9.59 Å². The van der Waals surface area contributed by atoms with Crippen LogP contribution in [0.4, 0.5) is 0 Å². The summed E-state index contributed by atoms with van der Waals surface area (Å²) in [5, 5.41) is 0. The van der Waals surface area contributed by atoms with Gasteiger partial charge in [-0.05, 0) is 35.0 Å². The Balaban J connectivity index is 2.92. The summed E-state index contributed by atoms with van der Waals surface area (Å²) in [6, 6.07) is 5.15. The predicted octanol–water partition coefficient (Wildman–Crippen LogP) is 2.59. The number of ketones is 1. The molecule has 0 heterocycles. The van der Waals surface area contributed by atoms with Crippen molar-refractivity contribution in [2.75, 3.05) is 13.7 Å². The third-order valence-corrected chi connectivity index (χ3v) is 2.75. The van der Waals surface area contributed by atoms with Gasteiger partial charge in [0.05, 0.1) is 19.3 Å². The molecule has 0 aliphatic carbocycles. The largest absolute Gasteiger partial charge is 0.496 e. The van der Waals surface area contributed by atoms with Crippen molar-refractivity contribution in [2.24, 2.45) is 0 Å². The van der Waals surface area contributed by atoms with E-state index in [4.69, 9.17) is 9.47 Å². The van der Waals surface area contributed by atoms with E-state index in [1.54, 1.807) is 25.1 Å². The van der Waals surface area contributed by atoms with Crippen LogP contribution in [0.3, 0.4) is 0 Å². The number of carbonyl (C=O) groups excluding carboxylic acids is 2. The van der Waals surface area contributed by atoms with Crippen molar-refractivity contribution in [3.63, 3.8) is 0 Å². The van der Waals surface area contributed by atoms with Crippen LogP contribution in [-0.2, 0) is 9.53 Å². The maximum absolute atomic E-state index is 11.9. The molecule has 0 aliphatic heterocycles. The van der Waals surface area contributed by atoms with Gasteiger partial charge in [0.1, 0.15) is 12.2 Å². The Morgan fingerprint density at radius 1 is 1.35 bits per heavy atom. The Labute approximate surface area is 108 Å². The number of esters is 1. The van der Waals surface area contributed by atoms with Gasteiger partial charge < -0.3 is 9.47 Å². The fourth-order valence-electron chi connectivity index (χ4n) is 1.38. The monoisotopic (exact) mass is 300 g/mol. The number of Topliss-reactive ketones (excluding diaryl/α,β-unsaturated/α-hetero) is 1. The SMILES string of the molecule is CCOC(=O)CC(=O)c1c(Br)cccc1OC. The normalized spacial score (nSPS) is 9.82. The average Bonchev–Trinajstić information content (AvgIpc) is 2.28. The molecule has 0 bridgehead atoms. The molecular formula is C12H13BrO4. The molecule has 0 N–H and O–H groups in total. The van der Waals surface area contributed by atoms with Crippen molar-refractivity contribution in [1.82, 2.24) is 0 Å². The first-order chi connectivity index (χ1) is 8.10. The molecule has 0 unspecified atom stereocenters. The molecule has 0 spiro atoms. The zero-order valence-corrected chi connectivity index (χ0v) is 11.2. The minimum atomic E-state index is -0.532. The molecular weight excluding hydrogens is 288 g/mol. The van der Waals surface area contributed by atoms with Gasteiger partial charge in [0.25, 0.3) is 0 Å². The summed E-state index contributed by atoms with van der Waals surface area (Å²) in [5.74, 6) is -0.420. The molecule has 0 fully saturated rings. The molecule has 4 nitrogen and oxygen atoms in total. The lowest BCUT2D eigenvalue weighted by Gasteiger charge is -2.09. The maximum Gasteiger partial charge on any atom is 0.313 e. The Morgan fingerprint density at radius 3 is 2.65 bits per heavy atom. The Morgan fingerprint density at radius 2 is 2.06 bits per heavy atom. The van der Waals surface area contributed by atoms with Crippen molar-refractivity contribution in [3.8, 4) is 5.75 Å². The predicted molar refractivity (Wildman–Crippen MR) is 66.3 cm³/mol. The highest BCUT2D eigenvalue weighted by Gasteiger charge is 2.19. The van der Waals surface area contributed by atoms with Crippen LogP contribution in [0.5, 0.6) is 5.75 Å². The molecule has 0 aliphatic rings. The molecule has 0 aromatic heterocycles.